The Balaban J connectivity index is 0.00000180. The van der Waals surface area contributed by atoms with Crippen LogP contribution in [0.4, 0.5) is 5.69 Å². The molecule has 114 valence electrons. The number of phenols is 1. The largest absolute Gasteiger partial charge is 0.508 e. The Bertz CT molecular complexity index is 418. The first-order valence-electron chi connectivity index (χ1n) is 6.16. The summed E-state index contributed by atoms with van der Waals surface area (Å²) in [4.78, 5) is 15.7. The van der Waals surface area contributed by atoms with Crippen LogP contribution in [-0.2, 0) is 4.79 Å². The van der Waals surface area contributed by atoms with E-state index in [4.69, 9.17) is 5.73 Å². The Hall–Kier alpha value is -1.17. The highest BCUT2D eigenvalue weighted by molar-refractivity contribution is 5.85. The second kappa shape index (κ2) is 8.19. The second-order valence-corrected chi connectivity index (χ2v) is 4.62. The normalized spacial score (nSPS) is 15.9. The van der Waals surface area contributed by atoms with Crippen molar-refractivity contribution in [1.29, 1.82) is 0 Å². The molecule has 3 N–H and O–H groups in total. The van der Waals surface area contributed by atoms with E-state index in [-0.39, 0.29) is 36.5 Å². The molecule has 7 heteroatoms. The van der Waals surface area contributed by atoms with E-state index < -0.39 is 6.04 Å². The zero-order valence-corrected chi connectivity index (χ0v) is 13.0. The van der Waals surface area contributed by atoms with Crippen molar-refractivity contribution in [2.75, 3.05) is 31.1 Å². The van der Waals surface area contributed by atoms with Crippen LogP contribution < -0.4 is 10.6 Å². The summed E-state index contributed by atoms with van der Waals surface area (Å²) in [7, 11) is 0. The molecule has 1 amide bonds. The highest BCUT2D eigenvalue weighted by Gasteiger charge is 2.23. The molecule has 1 atom stereocenters. The van der Waals surface area contributed by atoms with Gasteiger partial charge in [0.05, 0.1) is 6.04 Å². The van der Waals surface area contributed by atoms with Crippen LogP contribution in [0, 0.1) is 0 Å². The summed E-state index contributed by atoms with van der Waals surface area (Å²) in [6.07, 6.45) is 0. The number of aromatic hydroxyl groups is 1. The van der Waals surface area contributed by atoms with Gasteiger partial charge >= 0.3 is 0 Å². The first kappa shape index (κ1) is 18.8. The summed E-state index contributed by atoms with van der Waals surface area (Å²) >= 11 is 0. The number of hydrogen-bond acceptors (Lipinski definition) is 4. The minimum atomic E-state index is -0.426. The van der Waals surface area contributed by atoms with Crippen LogP contribution in [-0.4, -0.2) is 48.1 Å². The van der Waals surface area contributed by atoms with Crippen molar-refractivity contribution in [3.63, 3.8) is 0 Å². The molecule has 0 unspecified atom stereocenters. The smallest absolute Gasteiger partial charge is 0.239 e. The van der Waals surface area contributed by atoms with Crippen LogP contribution in [0.2, 0.25) is 0 Å². The van der Waals surface area contributed by atoms with Gasteiger partial charge in [0.15, 0.2) is 0 Å². The summed E-state index contributed by atoms with van der Waals surface area (Å²) < 4.78 is 0. The molecule has 0 aromatic heterocycles. The number of carbonyl (C=O) groups is 1. The Morgan fingerprint density at radius 1 is 1.15 bits per heavy atom. The van der Waals surface area contributed by atoms with E-state index >= 15 is 0 Å². The lowest BCUT2D eigenvalue weighted by Crippen LogP contribution is -2.52. The molecule has 5 nitrogen and oxygen atoms in total. The third kappa shape index (κ3) is 4.44. The second-order valence-electron chi connectivity index (χ2n) is 4.62. The third-order valence-electron chi connectivity index (χ3n) is 3.20. The zero-order valence-electron chi connectivity index (χ0n) is 11.4. The molecule has 1 aromatic carbocycles. The lowest BCUT2D eigenvalue weighted by atomic mass is 10.2. The van der Waals surface area contributed by atoms with Gasteiger partial charge in [-0.25, -0.2) is 0 Å². The number of amides is 1. The van der Waals surface area contributed by atoms with Gasteiger partial charge in [-0.1, -0.05) is 0 Å². The van der Waals surface area contributed by atoms with Gasteiger partial charge in [-0.2, -0.15) is 0 Å². The van der Waals surface area contributed by atoms with Crippen LogP contribution in [0.3, 0.4) is 0 Å². The number of nitrogens with zero attached hydrogens (tertiary/aromatic N) is 2. The van der Waals surface area contributed by atoms with E-state index in [9.17, 15) is 9.90 Å². The van der Waals surface area contributed by atoms with Gasteiger partial charge in [0.2, 0.25) is 5.91 Å². The molecule has 20 heavy (non-hydrogen) atoms. The number of phenolic OH excluding ortho intramolecular Hbond substituents is 1. The maximum Gasteiger partial charge on any atom is 0.239 e. The number of benzene rings is 1. The van der Waals surface area contributed by atoms with E-state index in [2.05, 4.69) is 4.90 Å². The van der Waals surface area contributed by atoms with E-state index in [1.807, 2.05) is 17.0 Å². The highest BCUT2D eigenvalue weighted by Crippen LogP contribution is 2.19. The minimum absolute atomic E-state index is 0. The summed E-state index contributed by atoms with van der Waals surface area (Å²) in [6.45, 7) is 4.70. The Kier molecular flexibility index (Phi) is 7.71. The van der Waals surface area contributed by atoms with Gasteiger partial charge < -0.3 is 20.6 Å². The molecule has 0 spiro atoms. The van der Waals surface area contributed by atoms with E-state index in [1.54, 1.807) is 19.1 Å². The molecule has 1 aliphatic heterocycles. The summed E-state index contributed by atoms with van der Waals surface area (Å²) in [5.41, 5.74) is 6.67. The lowest BCUT2D eigenvalue weighted by Gasteiger charge is -2.36. The number of piperazine rings is 1. The fraction of sp³-hybridized carbons (Fsp3) is 0.462. The predicted octanol–water partition coefficient (Wildman–Crippen LogP) is 1.23. The zero-order chi connectivity index (χ0) is 13.1. The molecule has 0 saturated carbocycles. The average Bonchev–Trinajstić information content (AvgIpc) is 2.39. The van der Waals surface area contributed by atoms with Crippen molar-refractivity contribution < 1.29 is 9.90 Å². The first-order chi connectivity index (χ1) is 8.58. The van der Waals surface area contributed by atoms with Gasteiger partial charge in [-0.3, -0.25) is 4.79 Å². The van der Waals surface area contributed by atoms with Gasteiger partial charge in [0.1, 0.15) is 5.75 Å². The average molecular weight is 322 g/mol. The van der Waals surface area contributed by atoms with E-state index in [1.165, 1.54) is 0 Å². The topological polar surface area (TPSA) is 69.8 Å². The molecular formula is C13H21Cl2N3O2. The molecule has 1 heterocycles. The molecule has 0 radical (unpaired) electrons. The van der Waals surface area contributed by atoms with Crippen molar-refractivity contribution in [2.45, 2.75) is 13.0 Å². The third-order valence-corrected chi connectivity index (χ3v) is 3.20. The number of rotatable bonds is 2. The maximum atomic E-state index is 11.7. The fourth-order valence-electron chi connectivity index (χ4n) is 2.14. The van der Waals surface area contributed by atoms with Gasteiger partial charge in [-0.05, 0) is 31.2 Å². The molecule has 1 aromatic rings. The summed E-state index contributed by atoms with van der Waals surface area (Å²) in [5, 5.41) is 9.25. The lowest BCUT2D eigenvalue weighted by molar-refractivity contribution is -0.132. The summed E-state index contributed by atoms with van der Waals surface area (Å²) in [6, 6.07) is 6.70. The van der Waals surface area contributed by atoms with Crippen molar-refractivity contribution in [2.24, 2.45) is 5.73 Å². The summed E-state index contributed by atoms with van der Waals surface area (Å²) in [5.74, 6) is 0.282. The van der Waals surface area contributed by atoms with Gasteiger partial charge in [0, 0.05) is 31.9 Å². The number of halogens is 2. The molecule has 1 fully saturated rings. The molecule has 2 rings (SSSR count). The van der Waals surface area contributed by atoms with Crippen LogP contribution in [0.15, 0.2) is 24.3 Å². The maximum absolute atomic E-state index is 11.7. The van der Waals surface area contributed by atoms with Gasteiger partial charge in [-0.15, -0.1) is 24.8 Å². The monoisotopic (exact) mass is 321 g/mol. The van der Waals surface area contributed by atoms with Crippen molar-refractivity contribution >= 4 is 36.4 Å². The standard InChI is InChI=1S/C13H19N3O2.2ClH/c1-10(14)13(18)16-8-6-15(7-9-16)11-2-4-12(17)5-3-11;;/h2-5,10,17H,6-9,14H2,1H3;2*1H/t10-;;/m1../s1. The minimum Gasteiger partial charge on any atom is -0.508 e. The molecule has 1 aliphatic rings. The molecule has 0 aliphatic carbocycles. The molecule has 0 bridgehead atoms. The SMILES string of the molecule is C[C@@H](N)C(=O)N1CCN(c2ccc(O)cc2)CC1.Cl.Cl. The van der Waals surface area contributed by atoms with Gasteiger partial charge in [0.25, 0.3) is 0 Å². The van der Waals surface area contributed by atoms with Crippen molar-refractivity contribution in [3.8, 4) is 5.75 Å². The van der Waals surface area contributed by atoms with E-state index in [0.29, 0.717) is 13.1 Å². The fourth-order valence-corrected chi connectivity index (χ4v) is 2.14. The van der Waals surface area contributed by atoms with Crippen molar-refractivity contribution in [3.05, 3.63) is 24.3 Å². The molecular weight excluding hydrogens is 301 g/mol. The predicted molar refractivity (Wildman–Crippen MR) is 85.0 cm³/mol. The number of carbonyl (C=O) groups excluding carboxylic acids is 1. The quantitative estimate of drug-likeness (QED) is 0.859. The van der Waals surface area contributed by atoms with Crippen LogP contribution >= 0.6 is 24.8 Å². The molecule has 1 saturated heterocycles. The Labute approximate surface area is 131 Å². The van der Waals surface area contributed by atoms with E-state index in [0.717, 1.165) is 18.8 Å². The number of hydrogen-bond donors (Lipinski definition) is 2. The van der Waals surface area contributed by atoms with Crippen LogP contribution in [0.5, 0.6) is 5.75 Å². The van der Waals surface area contributed by atoms with Crippen LogP contribution in [0.1, 0.15) is 6.92 Å². The Morgan fingerprint density at radius 2 is 1.65 bits per heavy atom. The van der Waals surface area contributed by atoms with Crippen LogP contribution in [0.25, 0.3) is 0 Å². The Morgan fingerprint density at radius 3 is 2.10 bits per heavy atom. The van der Waals surface area contributed by atoms with Crippen molar-refractivity contribution in [1.82, 2.24) is 4.90 Å². The number of nitrogens with two attached hydrogens (primary N) is 1. The highest BCUT2D eigenvalue weighted by atomic mass is 35.5. The number of anilines is 1. The first-order valence-corrected chi connectivity index (χ1v) is 6.16.